The van der Waals surface area contributed by atoms with Crippen LogP contribution < -0.4 is 0 Å². The van der Waals surface area contributed by atoms with Crippen LogP contribution in [-0.4, -0.2) is 66.5 Å². The molecule has 2 N–H and O–H groups in total. The Morgan fingerprint density at radius 3 is 1.19 bits per heavy atom. The Morgan fingerprint density at radius 2 is 0.743 bits per heavy atom. The Labute approximate surface area is 427 Å². The lowest BCUT2D eigenvalue weighted by molar-refractivity contribution is -0.161. The van der Waals surface area contributed by atoms with E-state index in [1.165, 1.54) is 116 Å². The van der Waals surface area contributed by atoms with Gasteiger partial charge in [0.15, 0.2) is 6.10 Å². The van der Waals surface area contributed by atoms with Gasteiger partial charge in [0.2, 0.25) is 0 Å². The van der Waals surface area contributed by atoms with Gasteiger partial charge < -0.3 is 24.2 Å². The zero-order valence-electron chi connectivity index (χ0n) is 44.7. The minimum atomic E-state index is -4.75. The monoisotopic (exact) mass is 1010 g/mol. The Bertz CT molecular complexity index is 1410. The van der Waals surface area contributed by atoms with Crippen LogP contribution in [0.4, 0.5) is 0 Å². The normalized spacial score (nSPS) is 13.8. The molecule has 70 heavy (non-hydrogen) atoms. The predicted molar refractivity (Wildman–Crippen MR) is 288 cm³/mol. The second-order valence-electron chi connectivity index (χ2n) is 18.7. The third-order valence-electron chi connectivity index (χ3n) is 11.9. The van der Waals surface area contributed by atoms with Crippen LogP contribution in [0.2, 0.25) is 0 Å². The highest BCUT2D eigenvalue weighted by Crippen LogP contribution is 2.43. The maximum Gasteiger partial charge on any atom is 0.472 e. The largest absolute Gasteiger partial charge is 0.472 e. The van der Waals surface area contributed by atoms with E-state index in [0.717, 1.165) is 77.0 Å². The second kappa shape index (κ2) is 52.5. The van der Waals surface area contributed by atoms with Crippen LogP contribution in [0.5, 0.6) is 0 Å². The predicted octanol–water partition coefficient (Wildman–Crippen LogP) is 16.4. The zero-order valence-corrected chi connectivity index (χ0v) is 45.6. The smallest absolute Gasteiger partial charge is 0.462 e. The summed E-state index contributed by atoms with van der Waals surface area (Å²) in [5, 5.41) is 9.76. The van der Waals surface area contributed by atoms with Crippen LogP contribution in [0.15, 0.2) is 60.8 Å². The van der Waals surface area contributed by atoms with Crippen molar-refractivity contribution in [3.8, 4) is 0 Å². The number of aliphatic hydroxyl groups excluding tert-OH is 1. The van der Waals surface area contributed by atoms with Crippen molar-refractivity contribution in [2.75, 3.05) is 26.4 Å². The van der Waals surface area contributed by atoms with E-state index in [2.05, 4.69) is 81.5 Å². The molecule has 0 aliphatic rings. The molecule has 0 saturated carbocycles. The van der Waals surface area contributed by atoms with Crippen molar-refractivity contribution in [2.45, 2.75) is 264 Å². The number of hydrogen-bond acceptors (Lipinski definition) is 10. The number of carbonyl (C=O) groups is 3. The fraction of sp³-hybridized carbons (Fsp3) is 0.776. The summed E-state index contributed by atoms with van der Waals surface area (Å²) in [6.07, 6.45) is 56.3. The highest BCUT2D eigenvalue weighted by atomic mass is 31.2. The summed E-state index contributed by atoms with van der Waals surface area (Å²) in [6, 6.07) is 0. The molecular weight excluding hydrogens is 904 g/mol. The highest BCUT2D eigenvalue weighted by molar-refractivity contribution is 7.47. The van der Waals surface area contributed by atoms with E-state index >= 15 is 0 Å². The number of esters is 3. The van der Waals surface area contributed by atoms with E-state index in [4.69, 9.17) is 23.3 Å². The minimum Gasteiger partial charge on any atom is -0.462 e. The molecule has 3 unspecified atom stereocenters. The molecule has 0 aliphatic carbocycles. The van der Waals surface area contributed by atoms with Crippen molar-refractivity contribution in [2.24, 2.45) is 0 Å². The van der Waals surface area contributed by atoms with Gasteiger partial charge in [-0.15, -0.1) is 0 Å². The number of hydrogen-bond donors (Lipinski definition) is 2. The van der Waals surface area contributed by atoms with Gasteiger partial charge in [-0.25, -0.2) is 4.57 Å². The van der Waals surface area contributed by atoms with Gasteiger partial charge in [-0.3, -0.25) is 23.4 Å². The molecule has 0 spiro atoms. The lowest BCUT2D eigenvalue weighted by Crippen LogP contribution is -2.30. The molecule has 3 atom stereocenters. The number of unbranched alkanes of at least 4 members (excludes halogenated alkanes) is 25. The molecule has 406 valence electrons. The van der Waals surface area contributed by atoms with Gasteiger partial charge in [-0.1, -0.05) is 210 Å². The van der Waals surface area contributed by atoms with Gasteiger partial charge in [-0.05, 0) is 83.5 Å². The van der Waals surface area contributed by atoms with Gasteiger partial charge in [0.25, 0.3) is 0 Å². The van der Waals surface area contributed by atoms with Crippen LogP contribution in [0.1, 0.15) is 252 Å². The molecule has 0 rings (SSSR count). The van der Waals surface area contributed by atoms with E-state index in [9.17, 15) is 28.9 Å². The summed E-state index contributed by atoms with van der Waals surface area (Å²) >= 11 is 0. The molecule has 12 heteroatoms. The molecule has 0 heterocycles. The van der Waals surface area contributed by atoms with Crippen molar-refractivity contribution >= 4 is 25.7 Å². The van der Waals surface area contributed by atoms with Crippen LogP contribution in [-0.2, 0) is 42.2 Å². The molecule has 0 aromatic carbocycles. The van der Waals surface area contributed by atoms with Crippen LogP contribution >= 0.6 is 7.82 Å². The maximum atomic E-state index is 12.9. The second-order valence-corrected chi connectivity index (χ2v) is 20.2. The summed E-state index contributed by atoms with van der Waals surface area (Å²) in [6.45, 7) is 4.46. The Balaban J connectivity index is 4.75. The number of phosphoric ester groups is 1. The van der Waals surface area contributed by atoms with E-state index in [1.807, 2.05) is 0 Å². The SMILES string of the molecule is CC/C=C\C/C=C\C/C=C\C/C=C\CCCCC(=O)OCC(COP(=O)(O)OCC(CO)OC(=O)CCCCCCCCCCC)OC(=O)CCCCCCCCCCC/C=C\CCCCCCCC. The fourth-order valence-corrected chi connectivity index (χ4v) is 8.42. The van der Waals surface area contributed by atoms with Crippen LogP contribution in [0.3, 0.4) is 0 Å². The number of allylic oxidation sites excluding steroid dienone is 10. The van der Waals surface area contributed by atoms with Crippen LogP contribution in [0.25, 0.3) is 0 Å². The van der Waals surface area contributed by atoms with E-state index in [1.54, 1.807) is 0 Å². The summed E-state index contributed by atoms with van der Waals surface area (Å²) in [5.74, 6) is -1.51. The quantitative estimate of drug-likeness (QED) is 0.0197. The number of rotatable bonds is 52. The average Bonchev–Trinajstić information content (AvgIpc) is 3.35. The molecule has 11 nitrogen and oxygen atoms in total. The topological polar surface area (TPSA) is 155 Å². The Morgan fingerprint density at radius 1 is 0.414 bits per heavy atom. The van der Waals surface area contributed by atoms with Gasteiger partial charge in [-0.2, -0.15) is 0 Å². The Kier molecular flexibility index (Phi) is 50.4. The molecule has 0 fully saturated rings. The number of phosphoric acid groups is 1. The Hall–Kier alpha value is -2.82. The molecule has 0 aromatic rings. The summed E-state index contributed by atoms with van der Waals surface area (Å²) in [5.41, 5.74) is 0. The van der Waals surface area contributed by atoms with Crippen molar-refractivity contribution < 1.29 is 52.2 Å². The summed E-state index contributed by atoms with van der Waals surface area (Å²) < 4.78 is 39.4. The fourth-order valence-electron chi connectivity index (χ4n) is 7.64. The van der Waals surface area contributed by atoms with Crippen molar-refractivity contribution in [3.05, 3.63) is 60.8 Å². The van der Waals surface area contributed by atoms with E-state index < -0.39 is 57.8 Å². The van der Waals surface area contributed by atoms with Gasteiger partial charge in [0.05, 0.1) is 19.8 Å². The lowest BCUT2D eigenvalue weighted by atomic mass is 10.1. The first kappa shape index (κ1) is 67.2. The highest BCUT2D eigenvalue weighted by Gasteiger charge is 2.28. The summed E-state index contributed by atoms with van der Waals surface area (Å²) in [4.78, 5) is 48.4. The van der Waals surface area contributed by atoms with Gasteiger partial charge >= 0.3 is 25.7 Å². The molecular formula is C58H103O11P. The first-order chi connectivity index (χ1) is 34.2. The third kappa shape index (κ3) is 50.1. The molecule has 0 aliphatic heterocycles. The van der Waals surface area contributed by atoms with Crippen LogP contribution in [0, 0.1) is 0 Å². The summed E-state index contributed by atoms with van der Waals surface area (Å²) in [7, 11) is -4.75. The first-order valence-corrected chi connectivity index (χ1v) is 29.7. The van der Waals surface area contributed by atoms with E-state index in [-0.39, 0.29) is 25.9 Å². The first-order valence-electron chi connectivity index (χ1n) is 28.2. The molecule has 0 aromatic heterocycles. The average molecular weight is 1010 g/mol. The van der Waals surface area contributed by atoms with Crippen molar-refractivity contribution in [1.82, 2.24) is 0 Å². The zero-order chi connectivity index (χ0) is 51.3. The molecule has 0 bridgehead atoms. The standard InChI is InChI=1S/C58H103O11P/c1-4-7-10-13-16-19-21-23-25-26-27-28-30-32-34-37-40-43-46-49-58(62)69-55(51-65-56(60)47-44-41-38-36-33-31-29-24-22-20-17-14-11-8-5-2)53-67-70(63,64)66-52-54(50-59)68-57(61)48-45-42-39-35-18-15-12-9-6-3/h8,11,17,20,23-25,29,33,36,54-55,59H,4-7,9-10,12-16,18-19,21-22,26-28,30-32,34-35,37-53H2,1-3H3,(H,63,64)/b11-8-,20-17-,25-23-,29-24-,36-33-. The maximum absolute atomic E-state index is 12.9. The van der Waals surface area contributed by atoms with E-state index in [0.29, 0.717) is 19.3 Å². The lowest BCUT2D eigenvalue weighted by Gasteiger charge is -2.21. The number of carbonyl (C=O) groups excluding carboxylic acids is 3. The third-order valence-corrected chi connectivity index (χ3v) is 12.9. The minimum absolute atomic E-state index is 0.157. The molecule has 0 radical (unpaired) electrons. The van der Waals surface area contributed by atoms with Crippen molar-refractivity contribution in [1.29, 1.82) is 0 Å². The van der Waals surface area contributed by atoms with Gasteiger partial charge in [0, 0.05) is 19.3 Å². The number of ether oxygens (including phenoxy) is 3. The number of aliphatic hydroxyl groups is 1. The van der Waals surface area contributed by atoms with Crippen molar-refractivity contribution in [3.63, 3.8) is 0 Å². The van der Waals surface area contributed by atoms with Gasteiger partial charge in [0.1, 0.15) is 12.7 Å². The molecule has 0 amide bonds. The molecule has 0 saturated heterocycles.